The number of nitrogens with one attached hydrogen (secondary N) is 1. The maximum absolute atomic E-state index is 12.5. The minimum atomic E-state index is -0.387. The lowest BCUT2D eigenvalue weighted by Crippen LogP contribution is -2.29. The van der Waals surface area contributed by atoms with Crippen molar-refractivity contribution in [3.8, 4) is 0 Å². The van der Waals surface area contributed by atoms with E-state index >= 15 is 0 Å². The molecule has 1 aromatic carbocycles. The second-order valence-corrected chi connectivity index (χ2v) is 5.39. The molecule has 0 aliphatic carbocycles. The average molecular weight is 310 g/mol. The standard InChI is InChI=1S/C17H18N4O2/c1-4-9-23-16(22)14-12(3)20-17-18-10-19-21(17)15(14)13-7-5-11(2)6-8-13/h4-8,10,15H,1,9H2,2-3H3,(H,18,19,20)/t15-/m0/s1. The molecule has 0 amide bonds. The second kappa shape index (κ2) is 6.08. The summed E-state index contributed by atoms with van der Waals surface area (Å²) in [6.45, 7) is 7.60. The Morgan fingerprint density at radius 1 is 1.39 bits per heavy atom. The summed E-state index contributed by atoms with van der Waals surface area (Å²) in [5, 5.41) is 7.37. The first-order valence-corrected chi connectivity index (χ1v) is 7.33. The van der Waals surface area contributed by atoms with Gasteiger partial charge >= 0.3 is 5.97 Å². The number of aryl methyl sites for hydroxylation is 1. The van der Waals surface area contributed by atoms with Crippen molar-refractivity contribution in [1.29, 1.82) is 0 Å². The third-order valence-electron chi connectivity index (χ3n) is 3.74. The molecule has 0 saturated carbocycles. The molecule has 1 aliphatic rings. The Morgan fingerprint density at radius 3 is 2.83 bits per heavy atom. The van der Waals surface area contributed by atoms with Gasteiger partial charge in [-0.15, -0.1) is 0 Å². The van der Waals surface area contributed by atoms with Crippen LogP contribution in [0.15, 0.2) is 54.5 Å². The summed E-state index contributed by atoms with van der Waals surface area (Å²) in [5.74, 6) is 0.218. The fourth-order valence-electron chi connectivity index (χ4n) is 2.62. The lowest BCUT2D eigenvalue weighted by Gasteiger charge is -2.28. The quantitative estimate of drug-likeness (QED) is 0.694. The highest BCUT2D eigenvalue weighted by Gasteiger charge is 2.34. The lowest BCUT2D eigenvalue weighted by molar-refractivity contribution is -0.138. The van der Waals surface area contributed by atoms with Gasteiger partial charge in [0.1, 0.15) is 19.0 Å². The number of ether oxygens (including phenoxy) is 1. The van der Waals surface area contributed by atoms with Crippen LogP contribution in [0.2, 0.25) is 0 Å². The zero-order valence-electron chi connectivity index (χ0n) is 13.1. The van der Waals surface area contributed by atoms with Crippen LogP contribution < -0.4 is 5.32 Å². The van der Waals surface area contributed by atoms with Crippen LogP contribution >= 0.6 is 0 Å². The highest BCUT2D eigenvalue weighted by Crippen LogP contribution is 2.35. The van der Waals surface area contributed by atoms with Crippen molar-refractivity contribution in [3.05, 3.63) is 65.6 Å². The first kappa shape index (κ1) is 15.0. The Hall–Kier alpha value is -2.89. The van der Waals surface area contributed by atoms with Crippen LogP contribution in [0.4, 0.5) is 5.95 Å². The van der Waals surface area contributed by atoms with Gasteiger partial charge < -0.3 is 10.1 Å². The average Bonchev–Trinajstić information content (AvgIpc) is 3.00. The summed E-state index contributed by atoms with van der Waals surface area (Å²) in [6.07, 6.45) is 3.01. The highest BCUT2D eigenvalue weighted by atomic mass is 16.5. The van der Waals surface area contributed by atoms with Gasteiger partial charge in [-0.25, -0.2) is 9.48 Å². The van der Waals surface area contributed by atoms with Crippen LogP contribution in [0.25, 0.3) is 0 Å². The Balaban J connectivity index is 2.08. The summed E-state index contributed by atoms with van der Waals surface area (Å²) < 4.78 is 6.95. The SMILES string of the molecule is C=CCOC(=O)C1=C(C)Nc2ncnn2[C@H]1c1ccc(C)cc1. The van der Waals surface area contributed by atoms with Gasteiger partial charge in [-0.3, -0.25) is 0 Å². The molecule has 3 rings (SSSR count). The van der Waals surface area contributed by atoms with E-state index in [9.17, 15) is 4.79 Å². The molecule has 23 heavy (non-hydrogen) atoms. The van der Waals surface area contributed by atoms with E-state index in [1.165, 1.54) is 6.33 Å². The molecule has 6 heteroatoms. The molecule has 0 unspecified atom stereocenters. The van der Waals surface area contributed by atoms with Crippen molar-refractivity contribution >= 4 is 11.9 Å². The van der Waals surface area contributed by atoms with E-state index in [4.69, 9.17) is 4.74 Å². The van der Waals surface area contributed by atoms with E-state index in [1.54, 1.807) is 10.8 Å². The van der Waals surface area contributed by atoms with Gasteiger partial charge in [-0.1, -0.05) is 42.5 Å². The van der Waals surface area contributed by atoms with E-state index in [2.05, 4.69) is 22.0 Å². The van der Waals surface area contributed by atoms with E-state index in [0.717, 1.165) is 11.1 Å². The largest absolute Gasteiger partial charge is 0.458 e. The number of esters is 1. The van der Waals surface area contributed by atoms with Crippen molar-refractivity contribution in [1.82, 2.24) is 14.8 Å². The number of benzene rings is 1. The molecule has 1 atom stereocenters. The summed E-state index contributed by atoms with van der Waals surface area (Å²) in [5.41, 5.74) is 3.34. The molecule has 0 radical (unpaired) electrons. The number of anilines is 1. The van der Waals surface area contributed by atoms with Crippen molar-refractivity contribution in [3.63, 3.8) is 0 Å². The monoisotopic (exact) mass is 310 g/mol. The number of carbonyl (C=O) groups is 1. The van der Waals surface area contributed by atoms with Gasteiger partial charge in [0.05, 0.1) is 5.57 Å². The van der Waals surface area contributed by atoms with E-state index < -0.39 is 0 Å². The van der Waals surface area contributed by atoms with Crippen LogP contribution in [-0.4, -0.2) is 27.3 Å². The first-order valence-electron chi connectivity index (χ1n) is 7.33. The van der Waals surface area contributed by atoms with Crippen molar-refractivity contribution in [2.45, 2.75) is 19.9 Å². The number of hydrogen-bond acceptors (Lipinski definition) is 5. The van der Waals surface area contributed by atoms with Gasteiger partial charge in [0, 0.05) is 5.70 Å². The maximum atomic E-state index is 12.5. The Morgan fingerprint density at radius 2 is 2.13 bits per heavy atom. The number of allylic oxidation sites excluding steroid dienone is 1. The van der Waals surface area contributed by atoms with Crippen LogP contribution in [-0.2, 0) is 9.53 Å². The van der Waals surface area contributed by atoms with Crippen LogP contribution in [0.3, 0.4) is 0 Å². The van der Waals surface area contributed by atoms with E-state index in [0.29, 0.717) is 17.2 Å². The molecule has 6 nitrogen and oxygen atoms in total. The number of fused-ring (bicyclic) bond motifs is 1. The lowest BCUT2D eigenvalue weighted by atomic mass is 9.95. The second-order valence-electron chi connectivity index (χ2n) is 5.39. The third-order valence-corrected chi connectivity index (χ3v) is 3.74. The molecule has 1 N–H and O–H groups in total. The van der Waals surface area contributed by atoms with Crippen LogP contribution in [0, 0.1) is 6.92 Å². The normalized spacial score (nSPS) is 16.5. The fraction of sp³-hybridized carbons (Fsp3) is 0.235. The molecule has 118 valence electrons. The molecule has 0 fully saturated rings. The summed E-state index contributed by atoms with van der Waals surface area (Å²) in [4.78, 5) is 16.7. The predicted octanol–water partition coefficient (Wildman–Crippen LogP) is 2.60. The third kappa shape index (κ3) is 2.75. The number of aromatic nitrogens is 3. The zero-order valence-corrected chi connectivity index (χ0v) is 13.1. The first-order chi connectivity index (χ1) is 11.1. The molecule has 1 aliphatic heterocycles. The Labute approximate surface area is 134 Å². The highest BCUT2D eigenvalue weighted by molar-refractivity contribution is 5.92. The van der Waals surface area contributed by atoms with Gasteiger partial charge in [0.15, 0.2) is 0 Å². The summed E-state index contributed by atoms with van der Waals surface area (Å²) in [7, 11) is 0. The number of carbonyl (C=O) groups excluding carboxylic acids is 1. The van der Waals surface area contributed by atoms with Gasteiger partial charge in [-0.05, 0) is 19.4 Å². The molecule has 1 aromatic heterocycles. The zero-order chi connectivity index (χ0) is 16.4. The molecule has 2 aromatic rings. The minimum Gasteiger partial charge on any atom is -0.458 e. The summed E-state index contributed by atoms with van der Waals surface area (Å²) >= 11 is 0. The van der Waals surface area contributed by atoms with Crippen molar-refractivity contribution in [2.75, 3.05) is 11.9 Å². The molecular weight excluding hydrogens is 292 g/mol. The maximum Gasteiger partial charge on any atom is 0.338 e. The number of nitrogens with zero attached hydrogens (tertiary/aromatic N) is 3. The Kier molecular flexibility index (Phi) is 3.97. The van der Waals surface area contributed by atoms with E-state index in [1.807, 2.05) is 38.1 Å². The minimum absolute atomic E-state index is 0.167. The van der Waals surface area contributed by atoms with Crippen molar-refractivity contribution in [2.24, 2.45) is 0 Å². The topological polar surface area (TPSA) is 69.0 Å². The molecule has 0 spiro atoms. The predicted molar refractivity (Wildman–Crippen MR) is 86.8 cm³/mol. The number of rotatable bonds is 4. The van der Waals surface area contributed by atoms with Crippen molar-refractivity contribution < 1.29 is 9.53 Å². The van der Waals surface area contributed by atoms with Gasteiger partial charge in [0.25, 0.3) is 0 Å². The van der Waals surface area contributed by atoms with E-state index in [-0.39, 0.29) is 18.6 Å². The smallest absolute Gasteiger partial charge is 0.338 e. The Bertz CT molecular complexity index is 774. The number of hydrogen-bond donors (Lipinski definition) is 1. The summed E-state index contributed by atoms with van der Waals surface area (Å²) in [6, 6.07) is 7.63. The van der Waals surface area contributed by atoms with Gasteiger partial charge in [0.2, 0.25) is 5.95 Å². The van der Waals surface area contributed by atoms with Crippen LogP contribution in [0.5, 0.6) is 0 Å². The molecule has 0 saturated heterocycles. The molecule has 0 bridgehead atoms. The molecular formula is C17H18N4O2. The fourth-order valence-corrected chi connectivity index (χ4v) is 2.62. The molecule has 2 heterocycles. The van der Waals surface area contributed by atoms with Gasteiger partial charge in [-0.2, -0.15) is 10.1 Å². The van der Waals surface area contributed by atoms with Crippen LogP contribution in [0.1, 0.15) is 24.1 Å².